The molecule has 154 valence electrons. The predicted octanol–water partition coefficient (Wildman–Crippen LogP) is 5.10. The van der Waals surface area contributed by atoms with Gasteiger partial charge in [-0.05, 0) is 61.4 Å². The molecular formula is C23H27NO4S. The monoisotopic (exact) mass is 413 g/mol. The van der Waals surface area contributed by atoms with E-state index in [2.05, 4.69) is 12.2 Å². The van der Waals surface area contributed by atoms with Crippen molar-refractivity contribution in [2.24, 2.45) is 5.92 Å². The van der Waals surface area contributed by atoms with Crippen LogP contribution in [0.15, 0.2) is 30.3 Å². The normalized spacial score (nSPS) is 15.8. The van der Waals surface area contributed by atoms with Gasteiger partial charge < -0.3 is 14.8 Å². The number of benzene rings is 1. The minimum atomic E-state index is -0.352. The summed E-state index contributed by atoms with van der Waals surface area (Å²) >= 11 is 1.51. The predicted molar refractivity (Wildman–Crippen MR) is 117 cm³/mol. The number of anilines is 1. The van der Waals surface area contributed by atoms with Crippen LogP contribution in [0.2, 0.25) is 0 Å². The SMILES string of the molecule is CCOC(=O)c1c(NC(=O)/C=C/c2ccc(OC)cc2)sc2c1CCC(CC)C2. The second kappa shape index (κ2) is 9.74. The van der Waals surface area contributed by atoms with Crippen molar-refractivity contribution in [2.45, 2.75) is 39.5 Å². The lowest BCUT2D eigenvalue weighted by molar-refractivity contribution is -0.111. The van der Waals surface area contributed by atoms with Gasteiger partial charge in [-0.15, -0.1) is 11.3 Å². The van der Waals surface area contributed by atoms with Gasteiger partial charge in [0, 0.05) is 11.0 Å². The molecule has 1 aliphatic rings. The largest absolute Gasteiger partial charge is 0.497 e. The molecule has 1 N–H and O–H groups in total. The van der Waals surface area contributed by atoms with Crippen LogP contribution in [0, 0.1) is 5.92 Å². The molecule has 0 saturated carbocycles. The van der Waals surface area contributed by atoms with E-state index in [0.717, 1.165) is 42.6 Å². The summed E-state index contributed by atoms with van der Waals surface area (Å²) in [6, 6.07) is 7.44. The lowest BCUT2D eigenvalue weighted by atomic mass is 9.85. The van der Waals surface area contributed by atoms with Crippen molar-refractivity contribution in [3.05, 3.63) is 51.9 Å². The van der Waals surface area contributed by atoms with Crippen LogP contribution < -0.4 is 10.1 Å². The third-order valence-corrected chi connectivity index (χ3v) is 6.37. The van der Waals surface area contributed by atoms with Gasteiger partial charge >= 0.3 is 5.97 Å². The summed E-state index contributed by atoms with van der Waals surface area (Å²) in [7, 11) is 1.61. The first kappa shape index (κ1) is 21.1. The first-order valence-electron chi connectivity index (χ1n) is 10.00. The Bertz CT molecular complexity index is 898. The number of hydrogen-bond donors (Lipinski definition) is 1. The maximum Gasteiger partial charge on any atom is 0.341 e. The summed E-state index contributed by atoms with van der Waals surface area (Å²) < 4.78 is 10.4. The molecule has 1 aromatic carbocycles. The smallest absolute Gasteiger partial charge is 0.341 e. The van der Waals surface area contributed by atoms with Crippen molar-refractivity contribution < 1.29 is 19.1 Å². The van der Waals surface area contributed by atoms with E-state index < -0.39 is 0 Å². The minimum absolute atomic E-state index is 0.267. The van der Waals surface area contributed by atoms with Crippen LogP contribution in [0.5, 0.6) is 5.75 Å². The third-order valence-electron chi connectivity index (χ3n) is 5.20. The van der Waals surface area contributed by atoms with E-state index in [9.17, 15) is 9.59 Å². The van der Waals surface area contributed by atoms with E-state index in [4.69, 9.17) is 9.47 Å². The summed E-state index contributed by atoms with van der Waals surface area (Å²) in [6.07, 6.45) is 7.22. The topological polar surface area (TPSA) is 64.6 Å². The molecule has 2 aromatic rings. The number of ether oxygens (including phenoxy) is 2. The Kier molecular flexibility index (Phi) is 7.09. The average molecular weight is 414 g/mol. The second-order valence-electron chi connectivity index (χ2n) is 7.04. The summed E-state index contributed by atoms with van der Waals surface area (Å²) in [4.78, 5) is 26.3. The molecule has 1 atom stereocenters. The second-order valence-corrected chi connectivity index (χ2v) is 8.15. The van der Waals surface area contributed by atoms with Crippen molar-refractivity contribution in [1.29, 1.82) is 0 Å². The van der Waals surface area contributed by atoms with E-state index in [1.165, 1.54) is 22.3 Å². The fourth-order valence-corrected chi connectivity index (χ4v) is 4.90. The van der Waals surface area contributed by atoms with Gasteiger partial charge in [0.1, 0.15) is 10.8 Å². The molecule has 0 radical (unpaired) electrons. The molecule has 1 aliphatic carbocycles. The van der Waals surface area contributed by atoms with Gasteiger partial charge in [0.05, 0.1) is 19.3 Å². The zero-order valence-electron chi connectivity index (χ0n) is 17.1. The Labute approximate surface area is 175 Å². The molecule has 0 spiro atoms. The third kappa shape index (κ3) is 5.07. The number of carbonyl (C=O) groups excluding carboxylic acids is 2. The standard InChI is InChI=1S/C23H27NO4S/c1-4-15-8-12-18-19(14-15)29-22(21(18)23(26)28-5-2)24-20(25)13-9-16-6-10-17(27-3)11-7-16/h6-7,9-11,13,15H,4-5,8,12,14H2,1-3H3,(H,24,25)/b13-9+. The summed E-state index contributed by atoms with van der Waals surface area (Å²) in [5, 5.41) is 3.49. The maximum absolute atomic E-state index is 12.6. The lowest BCUT2D eigenvalue weighted by Gasteiger charge is -2.20. The first-order chi connectivity index (χ1) is 14.0. The fourth-order valence-electron chi connectivity index (χ4n) is 3.55. The van der Waals surface area contributed by atoms with Crippen LogP contribution >= 0.6 is 11.3 Å². The first-order valence-corrected chi connectivity index (χ1v) is 10.8. The van der Waals surface area contributed by atoms with E-state index in [1.54, 1.807) is 20.1 Å². The van der Waals surface area contributed by atoms with Crippen molar-refractivity contribution in [3.8, 4) is 5.75 Å². The number of rotatable bonds is 7. The van der Waals surface area contributed by atoms with Crippen molar-refractivity contribution >= 4 is 34.3 Å². The number of hydrogen-bond acceptors (Lipinski definition) is 5. The van der Waals surface area contributed by atoms with Gasteiger partial charge in [-0.25, -0.2) is 4.79 Å². The van der Waals surface area contributed by atoms with E-state index >= 15 is 0 Å². The zero-order chi connectivity index (χ0) is 20.8. The number of nitrogens with one attached hydrogen (secondary N) is 1. The number of carbonyl (C=O) groups is 2. The van der Waals surface area contributed by atoms with Crippen molar-refractivity contribution in [3.63, 3.8) is 0 Å². The fraction of sp³-hybridized carbons (Fsp3) is 0.391. The molecule has 1 unspecified atom stereocenters. The van der Waals surface area contributed by atoms with Gasteiger partial charge in [-0.2, -0.15) is 0 Å². The van der Waals surface area contributed by atoms with Gasteiger partial charge in [0.15, 0.2) is 0 Å². The minimum Gasteiger partial charge on any atom is -0.497 e. The quantitative estimate of drug-likeness (QED) is 0.507. The molecule has 1 heterocycles. The van der Waals surface area contributed by atoms with Gasteiger partial charge in [0.25, 0.3) is 0 Å². The Morgan fingerprint density at radius 1 is 1.24 bits per heavy atom. The molecule has 6 heteroatoms. The summed E-state index contributed by atoms with van der Waals surface area (Å²) in [5.74, 6) is 0.779. The zero-order valence-corrected chi connectivity index (χ0v) is 17.9. The summed E-state index contributed by atoms with van der Waals surface area (Å²) in [6.45, 7) is 4.30. The number of amides is 1. The highest BCUT2D eigenvalue weighted by Crippen LogP contribution is 2.40. The van der Waals surface area contributed by atoms with E-state index in [1.807, 2.05) is 24.3 Å². The molecule has 0 bridgehead atoms. The van der Waals surface area contributed by atoms with Gasteiger partial charge in [0.2, 0.25) is 5.91 Å². The molecule has 1 amide bonds. The van der Waals surface area contributed by atoms with Crippen LogP contribution in [0.1, 0.15) is 53.1 Å². The maximum atomic E-state index is 12.6. The molecule has 5 nitrogen and oxygen atoms in total. The Balaban J connectivity index is 1.79. The molecule has 0 saturated heterocycles. The van der Waals surface area contributed by atoms with Crippen LogP contribution in [0.4, 0.5) is 5.00 Å². The van der Waals surface area contributed by atoms with Gasteiger partial charge in [-0.1, -0.05) is 25.5 Å². The van der Waals surface area contributed by atoms with E-state index in [0.29, 0.717) is 23.1 Å². The Morgan fingerprint density at radius 3 is 2.66 bits per heavy atom. The highest BCUT2D eigenvalue weighted by atomic mass is 32.1. The highest BCUT2D eigenvalue weighted by Gasteiger charge is 2.29. The number of thiophene rings is 1. The summed E-state index contributed by atoms with van der Waals surface area (Å²) in [5.41, 5.74) is 2.48. The molecule has 29 heavy (non-hydrogen) atoms. The number of fused-ring (bicyclic) bond motifs is 1. The van der Waals surface area contributed by atoms with Crippen molar-refractivity contribution in [1.82, 2.24) is 0 Å². The Hall–Kier alpha value is -2.60. The van der Waals surface area contributed by atoms with Crippen molar-refractivity contribution in [2.75, 3.05) is 19.0 Å². The highest BCUT2D eigenvalue weighted by molar-refractivity contribution is 7.17. The molecular weight excluding hydrogens is 386 g/mol. The van der Waals surface area contributed by atoms with E-state index in [-0.39, 0.29) is 11.9 Å². The number of methoxy groups -OCH3 is 1. The molecule has 3 rings (SSSR count). The van der Waals surface area contributed by atoms with Crippen LogP contribution in [0.3, 0.4) is 0 Å². The number of esters is 1. The van der Waals surface area contributed by atoms with Crippen LogP contribution in [-0.2, 0) is 22.4 Å². The molecule has 0 fully saturated rings. The lowest BCUT2D eigenvalue weighted by Crippen LogP contribution is -2.16. The average Bonchev–Trinajstić information content (AvgIpc) is 3.09. The molecule has 0 aliphatic heterocycles. The Morgan fingerprint density at radius 2 is 2.00 bits per heavy atom. The van der Waals surface area contributed by atoms with Crippen LogP contribution in [0.25, 0.3) is 6.08 Å². The van der Waals surface area contributed by atoms with Crippen LogP contribution in [-0.4, -0.2) is 25.6 Å². The molecule has 1 aromatic heterocycles. The van der Waals surface area contributed by atoms with Gasteiger partial charge in [-0.3, -0.25) is 4.79 Å².